The Bertz CT molecular complexity index is 838. The molecule has 3 rings (SSSR count). The molecule has 1 aliphatic heterocycles. The number of hydrogen-bond acceptors (Lipinski definition) is 5. The summed E-state index contributed by atoms with van der Waals surface area (Å²) in [6, 6.07) is 8.44. The average molecular weight is 402 g/mol. The first-order chi connectivity index (χ1) is 12.0. The van der Waals surface area contributed by atoms with Gasteiger partial charge in [0.15, 0.2) is 0 Å². The molecule has 1 aromatic carbocycles. The number of hydrogen-bond donors (Lipinski definition) is 1. The van der Waals surface area contributed by atoms with Crippen molar-refractivity contribution < 1.29 is 13.2 Å². The van der Waals surface area contributed by atoms with Gasteiger partial charge < -0.3 is 10.1 Å². The lowest BCUT2D eigenvalue weighted by Crippen LogP contribution is -2.40. The van der Waals surface area contributed by atoms with E-state index < -0.39 is 10.0 Å². The van der Waals surface area contributed by atoms with Crippen LogP contribution in [0.1, 0.15) is 5.56 Å². The SMILES string of the molecule is O=S(=O)(c1ccc(NCc2ccc(Cl)cc2Cl)nc1)N1CCOCC1. The maximum Gasteiger partial charge on any atom is 0.244 e. The average Bonchev–Trinajstić information content (AvgIpc) is 2.62. The van der Waals surface area contributed by atoms with Gasteiger partial charge in [-0.05, 0) is 29.8 Å². The Kier molecular flexibility index (Phi) is 5.81. The number of rotatable bonds is 5. The Morgan fingerprint density at radius 3 is 2.56 bits per heavy atom. The molecule has 0 unspecified atom stereocenters. The smallest absolute Gasteiger partial charge is 0.244 e. The number of morpholine rings is 1. The number of aromatic nitrogens is 1. The molecule has 1 saturated heterocycles. The fourth-order valence-electron chi connectivity index (χ4n) is 2.42. The van der Waals surface area contributed by atoms with Gasteiger partial charge in [-0.2, -0.15) is 4.31 Å². The highest BCUT2D eigenvalue weighted by Crippen LogP contribution is 2.22. The molecule has 6 nitrogen and oxygen atoms in total. The zero-order chi connectivity index (χ0) is 17.9. The van der Waals surface area contributed by atoms with Crippen molar-refractivity contribution >= 4 is 39.0 Å². The van der Waals surface area contributed by atoms with Crippen molar-refractivity contribution in [1.82, 2.24) is 9.29 Å². The number of halogens is 2. The highest BCUT2D eigenvalue weighted by Gasteiger charge is 2.26. The Labute approximate surface area is 156 Å². The van der Waals surface area contributed by atoms with Crippen LogP contribution in [-0.2, 0) is 21.3 Å². The summed E-state index contributed by atoms with van der Waals surface area (Å²) in [4.78, 5) is 4.36. The molecule has 25 heavy (non-hydrogen) atoms. The highest BCUT2D eigenvalue weighted by atomic mass is 35.5. The lowest BCUT2D eigenvalue weighted by molar-refractivity contribution is 0.0730. The van der Waals surface area contributed by atoms with E-state index >= 15 is 0 Å². The summed E-state index contributed by atoms with van der Waals surface area (Å²) in [5, 5.41) is 4.25. The fraction of sp³-hybridized carbons (Fsp3) is 0.312. The second-order valence-corrected chi connectivity index (χ2v) is 8.27. The number of nitrogens with one attached hydrogen (secondary N) is 1. The molecule has 2 heterocycles. The molecule has 1 aromatic heterocycles. The molecule has 9 heteroatoms. The minimum atomic E-state index is -3.53. The Morgan fingerprint density at radius 2 is 1.92 bits per heavy atom. The largest absolute Gasteiger partial charge is 0.379 e. The van der Waals surface area contributed by atoms with Crippen LogP contribution in [0.3, 0.4) is 0 Å². The first-order valence-corrected chi connectivity index (χ1v) is 9.88. The summed E-state index contributed by atoms with van der Waals surface area (Å²) in [6.07, 6.45) is 1.36. The lowest BCUT2D eigenvalue weighted by Gasteiger charge is -2.25. The van der Waals surface area contributed by atoms with Crippen LogP contribution in [0, 0.1) is 0 Å². The van der Waals surface area contributed by atoms with Crippen molar-refractivity contribution in [3.05, 3.63) is 52.1 Å². The minimum absolute atomic E-state index is 0.171. The van der Waals surface area contributed by atoms with E-state index in [-0.39, 0.29) is 4.90 Å². The molecule has 0 spiro atoms. The summed E-state index contributed by atoms with van der Waals surface area (Å²) in [6.45, 7) is 2.00. The molecule has 1 aliphatic rings. The molecule has 2 aromatic rings. The van der Waals surface area contributed by atoms with Gasteiger partial charge in [0.1, 0.15) is 10.7 Å². The third-order valence-electron chi connectivity index (χ3n) is 3.82. The zero-order valence-electron chi connectivity index (χ0n) is 13.3. The van der Waals surface area contributed by atoms with Crippen molar-refractivity contribution in [3.8, 4) is 0 Å². The van der Waals surface area contributed by atoms with Crippen LogP contribution >= 0.6 is 23.2 Å². The predicted octanol–water partition coefficient (Wildman–Crippen LogP) is 3.02. The minimum Gasteiger partial charge on any atom is -0.379 e. The van der Waals surface area contributed by atoms with Gasteiger partial charge in [-0.1, -0.05) is 29.3 Å². The quantitative estimate of drug-likeness (QED) is 0.833. The van der Waals surface area contributed by atoms with Crippen LogP contribution < -0.4 is 5.32 Å². The van der Waals surface area contributed by atoms with Crippen molar-refractivity contribution in [3.63, 3.8) is 0 Å². The summed E-state index contributed by atoms with van der Waals surface area (Å²) in [7, 11) is -3.53. The maximum atomic E-state index is 12.5. The van der Waals surface area contributed by atoms with Gasteiger partial charge in [-0.3, -0.25) is 0 Å². The van der Waals surface area contributed by atoms with Gasteiger partial charge >= 0.3 is 0 Å². The monoisotopic (exact) mass is 401 g/mol. The number of sulfonamides is 1. The first kappa shape index (κ1) is 18.4. The van der Waals surface area contributed by atoms with Gasteiger partial charge in [-0.25, -0.2) is 13.4 Å². The summed E-state index contributed by atoms with van der Waals surface area (Å²) >= 11 is 12.0. The number of nitrogens with zero attached hydrogens (tertiary/aromatic N) is 2. The maximum absolute atomic E-state index is 12.5. The van der Waals surface area contributed by atoms with E-state index in [1.165, 1.54) is 10.5 Å². The van der Waals surface area contributed by atoms with E-state index in [4.69, 9.17) is 27.9 Å². The molecule has 1 fully saturated rings. The van der Waals surface area contributed by atoms with Crippen LogP contribution in [0.4, 0.5) is 5.82 Å². The van der Waals surface area contributed by atoms with Crippen LogP contribution in [0.25, 0.3) is 0 Å². The standard InChI is InChI=1S/C16H17Cl2N3O3S/c17-13-2-1-12(15(18)9-13)10-19-16-4-3-14(11-20-16)25(22,23)21-5-7-24-8-6-21/h1-4,9,11H,5-8,10H2,(H,19,20). The van der Waals surface area contributed by atoms with Crippen LogP contribution in [0.5, 0.6) is 0 Å². The van der Waals surface area contributed by atoms with E-state index in [0.29, 0.717) is 48.7 Å². The molecule has 0 bridgehead atoms. The molecular formula is C16H17Cl2N3O3S. The molecule has 0 saturated carbocycles. The van der Waals surface area contributed by atoms with Crippen LogP contribution in [0.15, 0.2) is 41.4 Å². The third kappa shape index (κ3) is 4.43. The van der Waals surface area contributed by atoms with Gasteiger partial charge in [-0.15, -0.1) is 0 Å². The van der Waals surface area contributed by atoms with Crippen molar-refractivity contribution in [2.45, 2.75) is 11.4 Å². The molecular weight excluding hydrogens is 385 g/mol. The second-order valence-electron chi connectivity index (χ2n) is 5.48. The van der Waals surface area contributed by atoms with E-state index in [0.717, 1.165) is 5.56 Å². The van der Waals surface area contributed by atoms with Crippen LogP contribution in [-0.4, -0.2) is 44.0 Å². The topological polar surface area (TPSA) is 71.5 Å². The van der Waals surface area contributed by atoms with Gasteiger partial charge in [0.05, 0.1) is 13.2 Å². The van der Waals surface area contributed by atoms with E-state index in [1.807, 2.05) is 6.07 Å². The zero-order valence-corrected chi connectivity index (χ0v) is 15.6. The molecule has 134 valence electrons. The highest BCUT2D eigenvalue weighted by molar-refractivity contribution is 7.89. The summed E-state index contributed by atoms with van der Waals surface area (Å²) < 4.78 is 31.7. The third-order valence-corrected chi connectivity index (χ3v) is 6.29. The fourth-order valence-corrected chi connectivity index (χ4v) is 4.25. The Balaban J connectivity index is 1.67. The Hall–Kier alpha value is -1.38. The predicted molar refractivity (Wildman–Crippen MR) is 97.6 cm³/mol. The van der Waals surface area contributed by atoms with E-state index in [1.54, 1.807) is 24.3 Å². The number of benzene rings is 1. The lowest BCUT2D eigenvalue weighted by atomic mass is 10.2. The van der Waals surface area contributed by atoms with Gasteiger partial charge in [0, 0.05) is 35.9 Å². The van der Waals surface area contributed by atoms with Gasteiger partial charge in [0.2, 0.25) is 10.0 Å². The number of anilines is 1. The Morgan fingerprint density at radius 1 is 1.16 bits per heavy atom. The molecule has 0 amide bonds. The molecule has 1 N–H and O–H groups in total. The van der Waals surface area contributed by atoms with Crippen LogP contribution in [0.2, 0.25) is 10.0 Å². The van der Waals surface area contributed by atoms with Crippen molar-refractivity contribution in [2.24, 2.45) is 0 Å². The second kappa shape index (κ2) is 7.88. The molecule has 0 aliphatic carbocycles. The summed E-state index contributed by atoms with van der Waals surface area (Å²) in [5.74, 6) is 0.562. The number of pyridine rings is 1. The molecule has 0 atom stereocenters. The van der Waals surface area contributed by atoms with Gasteiger partial charge in [0.25, 0.3) is 0 Å². The van der Waals surface area contributed by atoms with Crippen molar-refractivity contribution in [2.75, 3.05) is 31.6 Å². The molecule has 0 radical (unpaired) electrons. The number of ether oxygens (including phenoxy) is 1. The normalized spacial score (nSPS) is 15.9. The summed E-state index contributed by atoms with van der Waals surface area (Å²) in [5.41, 5.74) is 0.873. The van der Waals surface area contributed by atoms with Crippen molar-refractivity contribution in [1.29, 1.82) is 0 Å². The van der Waals surface area contributed by atoms with E-state index in [9.17, 15) is 8.42 Å². The van der Waals surface area contributed by atoms with E-state index in [2.05, 4.69) is 10.3 Å². The first-order valence-electron chi connectivity index (χ1n) is 7.68.